The van der Waals surface area contributed by atoms with Gasteiger partial charge < -0.3 is 19.3 Å². The molecule has 0 bridgehead atoms. The Morgan fingerprint density at radius 2 is 2.17 bits per heavy atom. The highest BCUT2D eigenvalue weighted by Gasteiger charge is 2.34. The summed E-state index contributed by atoms with van der Waals surface area (Å²) >= 11 is 0. The molecule has 1 N–H and O–H groups in total. The maximum atomic E-state index is 11.7. The number of hydrogen-bond acceptors (Lipinski definition) is 5. The largest absolute Gasteiger partial charge is 0.459 e. The van der Waals surface area contributed by atoms with E-state index in [0.29, 0.717) is 12.0 Å². The van der Waals surface area contributed by atoms with E-state index in [2.05, 4.69) is 0 Å². The first-order valence-electron chi connectivity index (χ1n) is 5.79. The zero-order chi connectivity index (χ0) is 13.0. The molecule has 0 spiro atoms. The lowest BCUT2D eigenvalue weighted by Crippen LogP contribution is -2.22. The van der Waals surface area contributed by atoms with Crippen molar-refractivity contribution in [3.05, 3.63) is 35.9 Å². The second-order valence-electron chi connectivity index (χ2n) is 4.13. The van der Waals surface area contributed by atoms with Gasteiger partial charge in [-0.05, 0) is 12.1 Å². The Balaban J connectivity index is 1.81. The van der Waals surface area contributed by atoms with E-state index >= 15 is 0 Å². The van der Waals surface area contributed by atoms with Crippen LogP contribution in [0.2, 0.25) is 0 Å². The SMILES string of the molecule is CO[C@@H]1O[C@H](COC(=O)c2ccccc2)CC1O. The molecular weight excluding hydrogens is 236 g/mol. The third-order valence-electron chi connectivity index (χ3n) is 2.79. The van der Waals surface area contributed by atoms with Crippen molar-refractivity contribution < 1.29 is 24.1 Å². The van der Waals surface area contributed by atoms with Crippen LogP contribution in [0, 0.1) is 0 Å². The highest BCUT2D eigenvalue weighted by atomic mass is 16.7. The lowest BCUT2D eigenvalue weighted by Gasteiger charge is -2.12. The third-order valence-corrected chi connectivity index (χ3v) is 2.79. The van der Waals surface area contributed by atoms with Crippen molar-refractivity contribution in [3.63, 3.8) is 0 Å². The van der Waals surface area contributed by atoms with E-state index in [-0.39, 0.29) is 12.7 Å². The van der Waals surface area contributed by atoms with Crippen molar-refractivity contribution in [2.75, 3.05) is 13.7 Å². The van der Waals surface area contributed by atoms with Crippen LogP contribution in [0.4, 0.5) is 0 Å². The smallest absolute Gasteiger partial charge is 0.338 e. The van der Waals surface area contributed by atoms with Crippen LogP contribution in [0.5, 0.6) is 0 Å². The van der Waals surface area contributed by atoms with Crippen LogP contribution in [0.3, 0.4) is 0 Å². The lowest BCUT2D eigenvalue weighted by atomic mass is 10.2. The van der Waals surface area contributed by atoms with Crippen LogP contribution in [-0.2, 0) is 14.2 Å². The van der Waals surface area contributed by atoms with Crippen LogP contribution in [0.25, 0.3) is 0 Å². The van der Waals surface area contributed by atoms with Crippen LogP contribution in [0.15, 0.2) is 30.3 Å². The van der Waals surface area contributed by atoms with E-state index in [9.17, 15) is 9.90 Å². The van der Waals surface area contributed by atoms with E-state index in [4.69, 9.17) is 14.2 Å². The Labute approximate surface area is 105 Å². The van der Waals surface area contributed by atoms with Gasteiger partial charge >= 0.3 is 5.97 Å². The molecule has 0 aliphatic carbocycles. The quantitative estimate of drug-likeness (QED) is 0.809. The van der Waals surface area contributed by atoms with Gasteiger partial charge in [-0.15, -0.1) is 0 Å². The van der Waals surface area contributed by atoms with Gasteiger partial charge in [-0.25, -0.2) is 4.79 Å². The molecule has 98 valence electrons. The molecule has 1 aliphatic heterocycles. The summed E-state index contributed by atoms with van der Waals surface area (Å²) in [5.41, 5.74) is 0.499. The van der Waals surface area contributed by atoms with Crippen molar-refractivity contribution in [1.82, 2.24) is 0 Å². The van der Waals surface area contributed by atoms with E-state index in [1.54, 1.807) is 24.3 Å². The van der Waals surface area contributed by atoms with Crippen LogP contribution < -0.4 is 0 Å². The third kappa shape index (κ3) is 3.07. The Bertz CT molecular complexity index is 392. The number of benzene rings is 1. The summed E-state index contributed by atoms with van der Waals surface area (Å²) in [6, 6.07) is 8.74. The van der Waals surface area contributed by atoms with Crippen molar-refractivity contribution in [2.45, 2.75) is 24.9 Å². The summed E-state index contributed by atoms with van der Waals surface area (Å²) in [6.07, 6.45) is -1.22. The fraction of sp³-hybridized carbons (Fsp3) is 0.462. The molecule has 0 saturated carbocycles. The summed E-state index contributed by atoms with van der Waals surface area (Å²) in [4.78, 5) is 11.7. The van der Waals surface area contributed by atoms with Crippen molar-refractivity contribution >= 4 is 5.97 Å². The van der Waals surface area contributed by atoms with E-state index in [0.717, 1.165) is 0 Å². The molecular formula is C13H16O5. The van der Waals surface area contributed by atoms with Crippen molar-refractivity contribution in [1.29, 1.82) is 0 Å². The number of hydrogen-bond donors (Lipinski definition) is 1. The van der Waals surface area contributed by atoms with Crippen molar-refractivity contribution in [3.8, 4) is 0 Å². The summed E-state index contributed by atoms with van der Waals surface area (Å²) < 4.78 is 15.4. The molecule has 0 amide bonds. The second-order valence-corrected chi connectivity index (χ2v) is 4.13. The summed E-state index contributed by atoms with van der Waals surface area (Å²) in [5.74, 6) is -0.394. The highest BCUT2D eigenvalue weighted by Crippen LogP contribution is 2.21. The number of carbonyl (C=O) groups excluding carboxylic acids is 1. The van der Waals surface area contributed by atoms with E-state index < -0.39 is 18.4 Å². The number of ether oxygens (including phenoxy) is 3. The highest BCUT2D eigenvalue weighted by molar-refractivity contribution is 5.89. The minimum Gasteiger partial charge on any atom is -0.459 e. The fourth-order valence-electron chi connectivity index (χ4n) is 1.86. The van der Waals surface area contributed by atoms with Gasteiger partial charge in [-0.3, -0.25) is 0 Å². The number of aliphatic hydroxyl groups is 1. The van der Waals surface area contributed by atoms with Gasteiger partial charge in [-0.1, -0.05) is 18.2 Å². The van der Waals surface area contributed by atoms with Crippen LogP contribution in [0.1, 0.15) is 16.8 Å². The number of rotatable bonds is 4. The van der Waals surface area contributed by atoms with Gasteiger partial charge in [0.1, 0.15) is 12.7 Å². The molecule has 1 heterocycles. The summed E-state index contributed by atoms with van der Waals surface area (Å²) in [5, 5.41) is 9.55. The van der Waals surface area contributed by atoms with Gasteiger partial charge in [0.25, 0.3) is 0 Å². The van der Waals surface area contributed by atoms with Gasteiger partial charge in [0, 0.05) is 13.5 Å². The normalized spacial score (nSPS) is 27.1. The molecule has 18 heavy (non-hydrogen) atoms. The first-order valence-corrected chi connectivity index (χ1v) is 5.79. The second kappa shape index (κ2) is 5.95. The number of esters is 1. The standard InChI is InChI=1S/C13H16O5/c1-16-13-11(14)7-10(18-13)8-17-12(15)9-5-3-2-4-6-9/h2-6,10-11,13-14H,7-8H2,1H3/t10-,11?,13+/m0/s1. The Morgan fingerprint density at radius 1 is 1.44 bits per heavy atom. The molecule has 5 nitrogen and oxygen atoms in total. The first kappa shape index (κ1) is 13.0. The maximum absolute atomic E-state index is 11.7. The van der Waals surface area contributed by atoms with Crippen LogP contribution >= 0.6 is 0 Å². The molecule has 0 radical (unpaired) electrons. The average Bonchev–Trinajstić information content (AvgIpc) is 2.77. The number of aliphatic hydroxyl groups excluding tert-OH is 1. The van der Waals surface area contributed by atoms with Gasteiger partial charge in [0.2, 0.25) is 0 Å². The Morgan fingerprint density at radius 3 is 2.78 bits per heavy atom. The molecule has 1 unspecified atom stereocenters. The molecule has 5 heteroatoms. The first-order chi connectivity index (χ1) is 8.70. The minimum absolute atomic E-state index is 0.116. The lowest BCUT2D eigenvalue weighted by molar-refractivity contribution is -0.153. The topological polar surface area (TPSA) is 65.0 Å². The zero-order valence-electron chi connectivity index (χ0n) is 10.1. The zero-order valence-corrected chi connectivity index (χ0v) is 10.1. The molecule has 1 aromatic rings. The molecule has 2 rings (SSSR count). The molecule has 0 aromatic heterocycles. The predicted molar refractivity (Wildman–Crippen MR) is 63.0 cm³/mol. The monoisotopic (exact) mass is 252 g/mol. The van der Waals surface area contributed by atoms with Gasteiger partial charge in [0.05, 0.1) is 11.7 Å². The average molecular weight is 252 g/mol. The molecule has 1 fully saturated rings. The summed E-state index contributed by atoms with van der Waals surface area (Å²) in [6.45, 7) is 0.116. The van der Waals surface area contributed by atoms with E-state index in [1.165, 1.54) is 7.11 Å². The summed E-state index contributed by atoms with van der Waals surface area (Å²) in [7, 11) is 1.46. The van der Waals surface area contributed by atoms with Gasteiger partial charge in [-0.2, -0.15) is 0 Å². The predicted octanol–water partition coefficient (Wildman–Crippen LogP) is 0.966. The Hall–Kier alpha value is -1.43. The molecule has 1 aromatic carbocycles. The van der Waals surface area contributed by atoms with Crippen LogP contribution in [-0.4, -0.2) is 43.3 Å². The Kier molecular flexibility index (Phi) is 4.30. The molecule has 3 atom stereocenters. The minimum atomic E-state index is -0.671. The van der Waals surface area contributed by atoms with Crippen molar-refractivity contribution in [2.24, 2.45) is 0 Å². The number of carbonyl (C=O) groups is 1. The fourth-order valence-corrected chi connectivity index (χ4v) is 1.86. The van der Waals surface area contributed by atoms with Gasteiger partial charge in [0.15, 0.2) is 6.29 Å². The maximum Gasteiger partial charge on any atom is 0.338 e. The molecule has 1 aliphatic rings. The molecule has 1 saturated heterocycles. The number of methoxy groups -OCH3 is 1. The van der Waals surface area contributed by atoms with E-state index in [1.807, 2.05) is 6.07 Å².